The second kappa shape index (κ2) is 7.15. The fourth-order valence-corrected chi connectivity index (χ4v) is 3.09. The average molecular weight is 313 g/mol. The fraction of sp³-hybridized carbons (Fsp3) is 0.600. The van der Waals surface area contributed by atoms with Crippen LogP contribution in [0.2, 0.25) is 0 Å². The second-order valence-electron chi connectivity index (χ2n) is 5.33. The molecule has 0 aliphatic carbocycles. The standard InChI is InChI=1S/C15H22BrNO/c1-13-6-4-9-17(12-13)10-5-11-18-15-8-3-2-7-14(15)16/h2-3,7-8,13H,4-6,9-12H2,1H3/p+1/t13-/m1/s1. The third-order valence-electron chi connectivity index (χ3n) is 3.63. The molecule has 0 aromatic heterocycles. The van der Waals surface area contributed by atoms with Crippen LogP contribution in [0, 0.1) is 5.92 Å². The molecule has 100 valence electrons. The van der Waals surface area contributed by atoms with Crippen LogP contribution in [0.5, 0.6) is 5.75 Å². The van der Waals surface area contributed by atoms with Crippen LogP contribution >= 0.6 is 15.9 Å². The molecule has 0 bridgehead atoms. The Hall–Kier alpha value is -0.540. The lowest BCUT2D eigenvalue weighted by atomic mass is 10.0. The second-order valence-corrected chi connectivity index (χ2v) is 6.19. The largest absolute Gasteiger partial charge is 0.492 e. The van der Waals surface area contributed by atoms with Gasteiger partial charge in [0.2, 0.25) is 0 Å². The minimum Gasteiger partial charge on any atom is -0.492 e. The summed E-state index contributed by atoms with van der Waals surface area (Å²) < 4.78 is 6.84. The zero-order chi connectivity index (χ0) is 12.8. The van der Waals surface area contributed by atoms with E-state index in [0.29, 0.717) is 0 Å². The lowest BCUT2D eigenvalue weighted by Gasteiger charge is -2.27. The zero-order valence-electron chi connectivity index (χ0n) is 11.1. The van der Waals surface area contributed by atoms with Crippen molar-refractivity contribution in [3.63, 3.8) is 0 Å². The van der Waals surface area contributed by atoms with Gasteiger partial charge in [-0.1, -0.05) is 19.1 Å². The van der Waals surface area contributed by atoms with Crippen LogP contribution in [-0.2, 0) is 0 Å². The van der Waals surface area contributed by atoms with Crippen LogP contribution in [0.3, 0.4) is 0 Å². The number of likely N-dealkylation sites (tertiary alicyclic amines) is 1. The normalized spacial score (nSPS) is 23.9. The quantitative estimate of drug-likeness (QED) is 0.825. The monoisotopic (exact) mass is 312 g/mol. The highest BCUT2D eigenvalue weighted by molar-refractivity contribution is 9.10. The van der Waals surface area contributed by atoms with E-state index in [1.54, 1.807) is 4.90 Å². The Balaban J connectivity index is 1.65. The highest BCUT2D eigenvalue weighted by atomic mass is 79.9. The summed E-state index contributed by atoms with van der Waals surface area (Å²) in [5.74, 6) is 1.86. The molecule has 0 amide bonds. The molecule has 2 nitrogen and oxygen atoms in total. The van der Waals surface area contributed by atoms with Gasteiger partial charge >= 0.3 is 0 Å². The molecule has 1 unspecified atom stereocenters. The molecule has 1 fully saturated rings. The van der Waals surface area contributed by atoms with E-state index >= 15 is 0 Å². The Morgan fingerprint density at radius 3 is 3.00 bits per heavy atom. The van der Waals surface area contributed by atoms with E-state index in [0.717, 1.165) is 29.2 Å². The van der Waals surface area contributed by atoms with Crippen molar-refractivity contribution in [1.82, 2.24) is 0 Å². The SMILES string of the molecule is C[C@@H]1CCC[NH+](CCCOc2ccccc2Br)C1. The van der Waals surface area contributed by atoms with Crippen molar-refractivity contribution in [2.45, 2.75) is 26.2 Å². The maximum atomic E-state index is 5.79. The van der Waals surface area contributed by atoms with Gasteiger partial charge in [0.05, 0.1) is 30.7 Å². The predicted molar refractivity (Wildman–Crippen MR) is 78.2 cm³/mol. The summed E-state index contributed by atoms with van der Waals surface area (Å²) in [6.45, 7) is 7.13. The summed E-state index contributed by atoms with van der Waals surface area (Å²) in [6.07, 6.45) is 3.95. The summed E-state index contributed by atoms with van der Waals surface area (Å²) in [6, 6.07) is 8.06. The van der Waals surface area contributed by atoms with Gasteiger partial charge in [-0.15, -0.1) is 0 Å². The van der Waals surface area contributed by atoms with E-state index in [-0.39, 0.29) is 0 Å². The molecule has 1 aliphatic heterocycles. The number of piperidine rings is 1. The molecular weight excluding hydrogens is 290 g/mol. The number of quaternary nitrogens is 1. The van der Waals surface area contributed by atoms with E-state index in [4.69, 9.17) is 4.74 Å². The predicted octanol–water partition coefficient (Wildman–Crippen LogP) is 2.53. The number of halogens is 1. The van der Waals surface area contributed by atoms with Crippen LogP contribution < -0.4 is 9.64 Å². The topological polar surface area (TPSA) is 13.7 Å². The van der Waals surface area contributed by atoms with Gasteiger partial charge in [0.25, 0.3) is 0 Å². The number of rotatable bonds is 5. The molecule has 2 rings (SSSR count). The molecule has 1 aliphatic rings. The average Bonchev–Trinajstić information content (AvgIpc) is 2.37. The number of hydrogen-bond acceptors (Lipinski definition) is 1. The lowest BCUT2D eigenvalue weighted by Crippen LogP contribution is -3.13. The lowest BCUT2D eigenvalue weighted by molar-refractivity contribution is -0.908. The summed E-state index contributed by atoms with van der Waals surface area (Å²) >= 11 is 3.50. The molecule has 1 aromatic rings. The van der Waals surface area contributed by atoms with E-state index in [1.165, 1.54) is 32.5 Å². The van der Waals surface area contributed by atoms with Crippen molar-refractivity contribution in [3.8, 4) is 5.75 Å². The highest BCUT2D eigenvalue weighted by Crippen LogP contribution is 2.23. The molecule has 1 heterocycles. The van der Waals surface area contributed by atoms with Gasteiger partial charge in [-0.25, -0.2) is 0 Å². The number of nitrogens with one attached hydrogen (secondary N) is 1. The van der Waals surface area contributed by atoms with Crippen molar-refractivity contribution >= 4 is 15.9 Å². The minimum atomic E-state index is 0.820. The summed E-state index contributed by atoms with van der Waals surface area (Å²) in [5.41, 5.74) is 0. The Morgan fingerprint density at radius 2 is 2.22 bits per heavy atom. The van der Waals surface area contributed by atoms with Crippen LogP contribution in [-0.4, -0.2) is 26.2 Å². The maximum absolute atomic E-state index is 5.79. The highest BCUT2D eigenvalue weighted by Gasteiger charge is 2.18. The van der Waals surface area contributed by atoms with Gasteiger partial charge in [-0.2, -0.15) is 0 Å². The van der Waals surface area contributed by atoms with Crippen LogP contribution in [0.25, 0.3) is 0 Å². The first-order valence-electron chi connectivity index (χ1n) is 6.96. The zero-order valence-corrected chi connectivity index (χ0v) is 12.7. The van der Waals surface area contributed by atoms with Crippen molar-refractivity contribution in [1.29, 1.82) is 0 Å². The number of benzene rings is 1. The fourth-order valence-electron chi connectivity index (χ4n) is 2.69. The number of ether oxygens (including phenoxy) is 1. The Morgan fingerprint density at radius 1 is 1.39 bits per heavy atom. The van der Waals surface area contributed by atoms with Crippen molar-refractivity contribution < 1.29 is 9.64 Å². The Kier molecular flexibility index (Phi) is 5.51. The summed E-state index contributed by atoms with van der Waals surface area (Å²) in [5, 5.41) is 0. The third kappa shape index (κ3) is 4.29. The first kappa shape index (κ1) is 13.9. The first-order valence-corrected chi connectivity index (χ1v) is 7.76. The summed E-state index contributed by atoms with van der Waals surface area (Å²) in [7, 11) is 0. The Bertz CT molecular complexity index is 369. The molecule has 18 heavy (non-hydrogen) atoms. The molecule has 2 atom stereocenters. The molecule has 1 saturated heterocycles. The van der Waals surface area contributed by atoms with Crippen molar-refractivity contribution in [2.75, 3.05) is 26.2 Å². The first-order chi connectivity index (χ1) is 8.75. The smallest absolute Gasteiger partial charge is 0.133 e. The van der Waals surface area contributed by atoms with Crippen LogP contribution in [0.4, 0.5) is 0 Å². The molecule has 1 N–H and O–H groups in total. The van der Waals surface area contributed by atoms with E-state index in [1.807, 2.05) is 24.3 Å². The van der Waals surface area contributed by atoms with Gasteiger partial charge < -0.3 is 9.64 Å². The van der Waals surface area contributed by atoms with E-state index in [9.17, 15) is 0 Å². The van der Waals surface area contributed by atoms with Gasteiger partial charge in [0.1, 0.15) is 5.75 Å². The molecular formula is C15H23BrNO+. The Labute approximate surface area is 118 Å². The molecule has 0 saturated carbocycles. The van der Waals surface area contributed by atoms with E-state index < -0.39 is 0 Å². The van der Waals surface area contributed by atoms with Crippen LogP contribution in [0.15, 0.2) is 28.7 Å². The molecule has 1 aromatic carbocycles. The van der Waals surface area contributed by atoms with Gasteiger partial charge in [0, 0.05) is 12.3 Å². The van der Waals surface area contributed by atoms with Gasteiger partial charge in [-0.05, 0) is 40.9 Å². The number of para-hydroxylation sites is 1. The van der Waals surface area contributed by atoms with Gasteiger partial charge in [0.15, 0.2) is 0 Å². The van der Waals surface area contributed by atoms with Crippen molar-refractivity contribution in [3.05, 3.63) is 28.7 Å². The molecule has 0 spiro atoms. The molecule has 3 heteroatoms. The van der Waals surface area contributed by atoms with Gasteiger partial charge in [-0.3, -0.25) is 0 Å². The van der Waals surface area contributed by atoms with E-state index in [2.05, 4.69) is 22.9 Å². The minimum absolute atomic E-state index is 0.820. The number of hydrogen-bond donors (Lipinski definition) is 1. The third-order valence-corrected chi connectivity index (χ3v) is 4.29. The molecule has 0 radical (unpaired) electrons. The maximum Gasteiger partial charge on any atom is 0.133 e. The summed E-state index contributed by atoms with van der Waals surface area (Å²) in [4.78, 5) is 1.75. The van der Waals surface area contributed by atoms with Crippen LogP contribution in [0.1, 0.15) is 26.2 Å². The van der Waals surface area contributed by atoms with Crippen molar-refractivity contribution in [2.24, 2.45) is 5.92 Å².